The van der Waals surface area contributed by atoms with E-state index in [1.807, 2.05) is 17.0 Å². The summed E-state index contributed by atoms with van der Waals surface area (Å²) in [7, 11) is -4.15. The number of amides is 1. The van der Waals surface area contributed by atoms with Gasteiger partial charge in [-0.05, 0) is 24.3 Å². The van der Waals surface area contributed by atoms with Crippen LogP contribution >= 0.6 is 0 Å². The highest BCUT2D eigenvalue weighted by atomic mass is 32.2. The Morgan fingerprint density at radius 2 is 1.76 bits per heavy atom. The molecule has 1 heterocycles. The molecule has 0 aliphatic carbocycles. The lowest BCUT2D eigenvalue weighted by atomic mass is 10.2. The molecule has 0 spiro atoms. The van der Waals surface area contributed by atoms with Crippen LogP contribution in [0.25, 0.3) is 0 Å². The van der Waals surface area contributed by atoms with Gasteiger partial charge < -0.3 is 15.1 Å². The van der Waals surface area contributed by atoms with Crippen molar-refractivity contribution in [3.8, 4) is 0 Å². The quantitative estimate of drug-likeness (QED) is 0.798. The molecule has 1 aliphatic rings. The fraction of sp³-hybridized carbons (Fsp3) is 0.385. The normalized spacial score (nSPS) is 15.9. The Hall–Kier alpha value is -1.80. The molecule has 0 saturated carbocycles. The lowest BCUT2D eigenvalue weighted by Gasteiger charge is -2.35. The van der Waals surface area contributed by atoms with Gasteiger partial charge >= 0.3 is 0 Å². The monoisotopic (exact) mass is 312 g/mol. The third kappa shape index (κ3) is 4.61. The molecule has 1 fully saturated rings. The third-order valence-corrected chi connectivity index (χ3v) is 3.75. The lowest BCUT2D eigenvalue weighted by molar-refractivity contribution is -0.129. The average Bonchev–Trinajstić information content (AvgIpc) is 2.45. The third-order valence-electron chi connectivity index (χ3n) is 3.33. The second kappa shape index (κ2) is 6.31. The van der Waals surface area contributed by atoms with Gasteiger partial charge in [-0.3, -0.25) is 9.35 Å². The standard InChI is InChI=1S/C13H18N3O4S/c1-11(17)15-6-8-16(9-7-15)13-4-2-12(3-5-13)14-10-21(18,19)20/h2-5,10,14H,6-9H2,1H3,(H,18,19,20). The number of nitrogens with zero attached hydrogens (tertiary/aromatic N) is 2. The number of rotatable bonds is 4. The van der Waals surface area contributed by atoms with Crippen LogP contribution in [0.15, 0.2) is 24.3 Å². The van der Waals surface area contributed by atoms with Crippen LogP contribution in [0.1, 0.15) is 6.92 Å². The largest absolute Gasteiger partial charge is 0.368 e. The Bertz CT molecular complexity index is 592. The second-order valence-corrected chi connectivity index (χ2v) is 6.08. The Balaban J connectivity index is 1.92. The van der Waals surface area contributed by atoms with Crippen LogP contribution in [-0.2, 0) is 14.9 Å². The number of hydrogen-bond donors (Lipinski definition) is 2. The molecular weight excluding hydrogens is 294 g/mol. The molecule has 21 heavy (non-hydrogen) atoms. The highest BCUT2D eigenvalue weighted by molar-refractivity contribution is 7.87. The summed E-state index contributed by atoms with van der Waals surface area (Å²) in [4.78, 5) is 15.2. The lowest BCUT2D eigenvalue weighted by Crippen LogP contribution is -2.48. The van der Waals surface area contributed by atoms with E-state index in [9.17, 15) is 13.2 Å². The van der Waals surface area contributed by atoms with E-state index in [2.05, 4.69) is 10.2 Å². The van der Waals surface area contributed by atoms with Crippen LogP contribution in [0, 0.1) is 5.88 Å². The molecular formula is C13H18N3O4S. The topological polar surface area (TPSA) is 90.0 Å². The van der Waals surface area contributed by atoms with Crippen molar-refractivity contribution >= 4 is 27.4 Å². The zero-order valence-electron chi connectivity index (χ0n) is 11.7. The van der Waals surface area contributed by atoms with Crippen LogP contribution < -0.4 is 10.2 Å². The van der Waals surface area contributed by atoms with Gasteiger partial charge in [0.1, 0.15) is 0 Å². The van der Waals surface area contributed by atoms with Crippen molar-refractivity contribution in [2.75, 3.05) is 36.4 Å². The Labute approximate surface area is 124 Å². The zero-order valence-corrected chi connectivity index (χ0v) is 12.5. The van der Waals surface area contributed by atoms with Gasteiger partial charge in [0.25, 0.3) is 10.1 Å². The minimum atomic E-state index is -4.15. The number of benzene rings is 1. The number of hydrogen-bond acceptors (Lipinski definition) is 5. The van der Waals surface area contributed by atoms with Crippen LogP contribution in [0.2, 0.25) is 0 Å². The van der Waals surface area contributed by atoms with Crippen molar-refractivity contribution in [2.45, 2.75) is 6.92 Å². The maximum Gasteiger partial charge on any atom is 0.289 e. The zero-order chi connectivity index (χ0) is 15.5. The van der Waals surface area contributed by atoms with Crippen molar-refractivity contribution in [3.05, 3.63) is 30.1 Å². The van der Waals surface area contributed by atoms with Gasteiger partial charge in [-0.2, -0.15) is 8.42 Å². The van der Waals surface area contributed by atoms with Gasteiger partial charge in [0.05, 0.1) is 0 Å². The number of nitrogens with one attached hydrogen (secondary N) is 1. The summed E-state index contributed by atoms with van der Waals surface area (Å²) in [5.74, 6) is 0.725. The minimum absolute atomic E-state index is 0.0925. The molecule has 1 aromatic rings. The van der Waals surface area contributed by atoms with Gasteiger partial charge in [0.15, 0.2) is 5.88 Å². The van der Waals surface area contributed by atoms with E-state index in [0.29, 0.717) is 24.7 Å². The molecule has 0 aromatic heterocycles. The molecule has 8 heteroatoms. The van der Waals surface area contributed by atoms with Gasteiger partial charge in [0.2, 0.25) is 5.91 Å². The van der Waals surface area contributed by atoms with Crippen molar-refractivity contribution < 1.29 is 17.8 Å². The molecule has 1 amide bonds. The molecule has 1 radical (unpaired) electrons. The highest BCUT2D eigenvalue weighted by Gasteiger charge is 2.18. The first-order valence-electron chi connectivity index (χ1n) is 6.53. The summed E-state index contributed by atoms with van der Waals surface area (Å²) in [6.45, 7) is 4.51. The van der Waals surface area contributed by atoms with E-state index in [4.69, 9.17) is 4.55 Å². The number of anilines is 2. The van der Waals surface area contributed by atoms with E-state index in [1.54, 1.807) is 19.1 Å². The summed E-state index contributed by atoms with van der Waals surface area (Å²) in [5, 5.41) is 2.50. The SMILES string of the molecule is CC(=O)N1CCN(c2ccc(N[CH]S(=O)(=O)O)cc2)CC1. The van der Waals surface area contributed by atoms with Crippen molar-refractivity contribution in [1.82, 2.24) is 4.90 Å². The average molecular weight is 312 g/mol. The van der Waals surface area contributed by atoms with Crippen LogP contribution in [-0.4, -0.2) is 50.0 Å². The van der Waals surface area contributed by atoms with Crippen molar-refractivity contribution in [3.63, 3.8) is 0 Å². The molecule has 0 bridgehead atoms. The summed E-state index contributed by atoms with van der Waals surface area (Å²) >= 11 is 0. The summed E-state index contributed by atoms with van der Waals surface area (Å²) in [6, 6.07) is 7.19. The van der Waals surface area contributed by atoms with Crippen molar-refractivity contribution in [1.29, 1.82) is 0 Å². The van der Waals surface area contributed by atoms with Crippen LogP contribution in [0.3, 0.4) is 0 Å². The summed E-state index contributed by atoms with van der Waals surface area (Å²) in [5.41, 5.74) is 1.58. The minimum Gasteiger partial charge on any atom is -0.368 e. The smallest absolute Gasteiger partial charge is 0.289 e. The first-order chi connectivity index (χ1) is 9.85. The van der Waals surface area contributed by atoms with E-state index >= 15 is 0 Å². The Morgan fingerprint density at radius 1 is 1.19 bits per heavy atom. The number of carbonyl (C=O) groups is 1. The highest BCUT2D eigenvalue weighted by Crippen LogP contribution is 2.20. The molecule has 2 rings (SSSR count). The van der Waals surface area contributed by atoms with E-state index in [-0.39, 0.29) is 5.91 Å². The van der Waals surface area contributed by atoms with E-state index in [0.717, 1.165) is 18.8 Å². The molecule has 0 unspecified atom stereocenters. The molecule has 0 atom stereocenters. The Morgan fingerprint density at radius 3 is 2.24 bits per heavy atom. The molecule has 1 aromatic carbocycles. The summed E-state index contributed by atoms with van der Waals surface area (Å²) < 4.78 is 29.8. The molecule has 2 N–H and O–H groups in total. The maximum atomic E-state index is 11.3. The molecule has 1 aliphatic heterocycles. The van der Waals surface area contributed by atoms with Gasteiger partial charge in [0, 0.05) is 44.5 Å². The molecule has 115 valence electrons. The predicted molar refractivity (Wildman–Crippen MR) is 80.4 cm³/mol. The molecule has 7 nitrogen and oxygen atoms in total. The fourth-order valence-corrected chi connectivity index (χ4v) is 2.48. The number of carbonyl (C=O) groups excluding carboxylic acids is 1. The maximum absolute atomic E-state index is 11.3. The van der Waals surface area contributed by atoms with E-state index < -0.39 is 10.1 Å². The van der Waals surface area contributed by atoms with Gasteiger partial charge in [-0.1, -0.05) is 0 Å². The van der Waals surface area contributed by atoms with E-state index in [1.165, 1.54) is 0 Å². The molecule has 1 saturated heterocycles. The van der Waals surface area contributed by atoms with Crippen LogP contribution in [0.4, 0.5) is 11.4 Å². The fourth-order valence-electron chi connectivity index (χ4n) is 2.19. The summed E-state index contributed by atoms with van der Waals surface area (Å²) in [6.07, 6.45) is 0. The van der Waals surface area contributed by atoms with Gasteiger partial charge in [-0.25, -0.2) is 0 Å². The van der Waals surface area contributed by atoms with Crippen LogP contribution in [0.5, 0.6) is 0 Å². The predicted octanol–water partition coefficient (Wildman–Crippen LogP) is 0.774. The van der Waals surface area contributed by atoms with Crippen molar-refractivity contribution in [2.24, 2.45) is 0 Å². The van der Waals surface area contributed by atoms with Gasteiger partial charge in [-0.15, -0.1) is 0 Å². The Kier molecular flexibility index (Phi) is 4.69. The number of piperazine rings is 1. The first-order valence-corrected chi connectivity index (χ1v) is 8.03. The second-order valence-electron chi connectivity index (χ2n) is 4.82. The first kappa shape index (κ1) is 15.6.